The highest BCUT2D eigenvalue weighted by atomic mass is 32.2. The van der Waals surface area contributed by atoms with Crippen LogP contribution in [0.5, 0.6) is 0 Å². The highest BCUT2D eigenvalue weighted by Crippen LogP contribution is 2.28. The minimum absolute atomic E-state index is 0.0144. The summed E-state index contributed by atoms with van der Waals surface area (Å²) in [6.07, 6.45) is 7.60. The summed E-state index contributed by atoms with van der Waals surface area (Å²) in [5.74, 6) is 1.54. The topological polar surface area (TPSA) is 66.7 Å². The Balaban J connectivity index is 1.41. The molecular formula is C27H31N3O3S. The number of rotatable bonds is 8. The summed E-state index contributed by atoms with van der Waals surface area (Å²) in [6, 6.07) is 16.0. The normalized spacial score (nSPS) is 15.2. The van der Waals surface area contributed by atoms with Gasteiger partial charge in [0.25, 0.3) is 5.91 Å². The minimum Gasteiger partial charge on any atom is -0.469 e. The first-order chi connectivity index (χ1) is 16.5. The van der Waals surface area contributed by atoms with Crippen molar-refractivity contribution in [2.24, 2.45) is 5.92 Å². The molecule has 6 nitrogen and oxygen atoms in total. The molecule has 0 aliphatic carbocycles. The number of amides is 2. The average Bonchev–Trinajstić information content (AvgIpc) is 3.32. The quantitative estimate of drug-likeness (QED) is 0.440. The lowest BCUT2D eigenvalue weighted by molar-refractivity contribution is -0.130. The van der Waals surface area contributed by atoms with Crippen LogP contribution < -0.4 is 0 Å². The van der Waals surface area contributed by atoms with Gasteiger partial charge in [-0.25, -0.2) is 0 Å². The largest absolute Gasteiger partial charge is 0.469 e. The second-order valence-electron chi connectivity index (χ2n) is 8.75. The maximum Gasteiger partial charge on any atom is 0.257 e. The van der Waals surface area contributed by atoms with Crippen molar-refractivity contribution < 1.29 is 14.0 Å². The number of nitrogens with zero attached hydrogens (tertiary/aromatic N) is 3. The predicted molar refractivity (Wildman–Crippen MR) is 134 cm³/mol. The first-order valence-electron chi connectivity index (χ1n) is 11.7. The number of likely N-dealkylation sites (tertiary alicyclic amines) is 1. The first-order valence-corrected chi connectivity index (χ1v) is 12.7. The Morgan fingerprint density at radius 1 is 1.12 bits per heavy atom. The van der Waals surface area contributed by atoms with Crippen LogP contribution in [0.25, 0.3) is 0 Å². The Morgan fingerprint density at radius 2 is 1.82 bits per heavy atom. The number of likely N-dealkylation sites (N-methyl/N-ethyl adjacent to an activating group) is 1. The van der Waals surface area contributed by atoms with Gasteiger partial charge in [0.15, 0.2) is 0 Å². The molecule has 2 aromatic heterocycles. The summed E-state index contributed by atoms with van der Waals surface area (Å²) >= 11 is 1.55. The molecule has 2 amide bonds. The van der Waals surface area contributed by atoms with Gasteiger partial charge in [0.1, 0.15) is 5.76 Å². The van der Waals surface area contributed by atoms with Gasteiger partial charge in [-0.2, -0.15) is 0 Å². The molecular weight excluding hydrogens is 446 g/mol. The van der Waals surface area contributed by atoms with E-state index in [1.165, 1.54) is 5.56 Å². The highest BCUT2D eigenvalue weighted by Gasteiger charge is 2.33. The van der Waals surface area contributed by atoms with Gasteiger partial charge >= 0.3 is 0 Å². The minimum atomic E-state index is -0.0144. The molecule has 0 bridgehead atoms. The maximum atomic E-state index is 13.3. The summed E-state index contributed by atoms with van der Waals surface area (Å²) in [5.41, 5.74) is 1.82. The summed E-state index contributed by atoms with van der Waals surface area (Å²) in [5, 5.41) is 0. The SMILES string of the molecule is Cc1occc1C(=O)N(C)[C@H](Cc1ccccc1)C1CCN(C(=O)CSc2ccncc2)CC1. The molecule has 1 aliphatic rings. The van der Waals surface area contributed by atoms with E-state index in [9.17, 15) is 9.59 Å². The van der Waals surface area contributed by atoms with Gasteiger partial charge in [0, 0.05) is 43.5 Å². The number of hydrogen-bond donors (Lipinski definition) is 0. The Kier molecular flexibility index (Phi) is 8.06. The number of carbonyl (C=O) groups excluding carboxylic acids is 2. The van der Waals surface area contributed by atoms with Gasteiger partial charge in [0.2, 0.25) is 5.91 Å². The third kappa shape index (κ3) is 5.89. The lowest BCUT2D eigenvalue weighted by Crippen LogP contribution is -2.48. The van der Waals surface area contributed by atoms with Crippen LogP contribution in [0.3, 0.4) is 0 Å². The van der Waals surface area contributed by atoms with Crippen molar-refractivity contribution in [1.82, 2.24) is 14.8 Å². The third-order valence-electron chi connectivity index (χ3n) is 6.64. The van der Waals surface area contributed by atoms with Gasteiger partial charge in [-0.15, -0.1) is 11.8 Å². The van der Waals surface area contributed by atoms with Crippen molar-refractivity contribution in [3.8, 4) is 0 Å². The number of aryl methyl sites for hydroxylation is 1. The van der Waals surface area contributed by atoms with E-state index < -0.39 is 0 Å². The zero-order chi connectivity index (χ0) is 23.9. The van der Waals surface area contributed by atoms with Crippen LogP contribution >= 0.6 is 11.8 Å². The number of thioether (sulfide) groups is 1. The molecule has 3 heterocycles. The van der Waals surface area contributed by atoms with E-state index in [1.807, 2.05) is 54.1 Å². The van der Waals surface area contributed by atoms with Crippen LogP contribution in [-0.4, -0.2) is 58.5 Å². The van der Waals surface area contributed by atoms with Gasteiger partial charge in [-0.3, -0.25) is 14.6 Å². The molecule has 1 fully saturated rings. The Labute approximate surface area is 205 Å². The number of pyridine rings is 1. The van der Waals surface area contributed by atoms with Crippen molar-refractivity contribution in [2.75, 3.05) is 25.9 Å². The van der Waals surface area contributed by atoms with Gasteiger partial charge < -0.3 is 14.2 Å². The molecule has 3 aromatic rings. The van der Waals surface area contributed by atoms with Gasteiger partial charge in [-0.1, -0.05) is 30.3 Å². The van der Waals surface area contributed by atoms with E-state index in [2.05, 4.69) is 17.1 Å². The van der Waals surface area contributed by atoms with Crippen LogP contribution in [0.15, 0.2) is 76.5 Å². The molecule has 0 radical (unpaired) electrons. The van der Waals surface area contributed by atoms with Crippen molar-refractivity contribution in [2.45, 2.75) is 37.1 Å². The van der Waals surface area contributed by atoms with Crippen molar-refractivity contribution in [3.63, 3.8) is 0 Å². The number of benzene rings is 1. The molecule has 0 N–H and O–H groups in total. The second kappa shape index (κ2) is 11.4. The lowest BCUT2D eigenvalue weighted by Gasteiger charge is -2.40. The summed E-state index contributed by atoms with van der Waals surface area (Å²) < 4.78 is 5.38. The number of hydrogen-bond acceptors (Lipinski definition) is 5. The first kappa shape index (κ1) is 24.1. The fourth-order valence-corrected chi connectivity index (χ4v) is 5.41. The van der Waals surface area contributed by atoms with E-state index in [0.717, 1.165) is 37.2 Å². The second-order valence-corrected chi connectivity index (χ2v) is 9.80. The van der Waals surface area contributed by atoms with E-state index in [4.69, 9.17) is 4.42 Å². The van der Waals surface area contributed by atoms with Crippen molar-refractivity contribution >= 4 is 23.6 Å². The van der Waals surface area contributed by atoms with Crippen LogP contribution in [0.2, 0.25) is 0 Å². The molecule has 34 heavy (non-hydrogen) atoms. The van der Waals surface area contributed by atoms with E-state index in [-0.39, 0.29) is 17.9 Å². The third-order valence-corrected chi connectivity index (χ3v) is 7.64. The zero-order valence-corrected chi connectivity index (χ0v) is 20.5. The molecule has 7 heteroatoms. The lowest BCUT2D eigenvalue weighted by atomic mass is 9.84. The number of piperidine rings is 1. The molecule has 0 spiro atoms. The Morgan fingerprint density at radius 3 is 2.47 bits per heavy atom. The molecule has 4 rings (SSSR count). The Bertz CT molecular complexity index is 1080. The smallest absolute Gasteiger partial charge is 0.257 e. The molecule has 1 saturated heterocycles. The van der Waals surface area contributed by atoms with Crippen LogP contribution in [0.4, 0.5) is 0 Å². The van der Waals surface area contributed by atoms with Crippen molar-refractivity contribution in [3.05, 3.63) is 84.1 Å². The molecule has 1 aliphatic heterocycles. The fourth-order valence-electron chi connectivity index (χ4n) is 4.63. The van der Waals surface area contributed by atoms with Crippen LogP contribution in [-0.2, 0) is 11.2 Å². The maximum absolute atomic E-state index is 13.3. The zero-order valence-electron chi connectivity index (χ0n) is 19.7. The molecule has 0 unspecified atom stereocenters. The molecule has 1 aromatic carbocycles. The van der Waals surface area contributed by atoms with Crippen molar-refractivity contribution in [1.29, 1.82) is 0 Å². The highest BCUT2D eigenvalue weighted by molar-refractivity contribution is 8.00. The summed E-state index contributed by atoms with van der Waals surface area (Å²) in [6.45, 7) is 3.26. The summed E-state index contributed by atoms with van der Waals surface area (Å²) in [4.78, 5) is 35.0. The van der Waals surface area contributed by atoms with Crippen LogP contribution in [0, 0.1) is 12.8 Å². The van der Waals surface area contributed by atoms with Gasteiger partial charge in [0.05, 0.1) is 17.6 Å². The standard InChI is InChI=1S/C27H31N3O3S/c1-20-24(12-17-33-20)27(32)29(2)25(18-21-6-4-3-5-7-21)22-10-15-30(16-11-22)26(31)19-34-23-8-13-28-14-9-23/h3-9,12-14,17,22,25H,10-11,15-16,18-19H2,1-2H3/t25-/m1/s1. The summed E-state index contributed by atoms with van der Waals surface area (Å²) in [7, 11) is 1.89. The molecule has 0 saturated carbocycles. The number of furan rings is 1. The van der Waals surface area contributed by atoms with E-state index >= 15 is 0 Å². The number of carbonyl (C=O) groups is 2. The van der Waals surface area contributed by atoms with E-state index in [0.29, 0.717) is 23.0 Å². The average molecular weight is 478 g/mol. The molecule has 178 valence electrons. The monoisotopic (exact) mass is 477 g/mol. The molecule has 1 atom stereocenters. The van der Waals surface area contributed by atoms with Crippen LogP contribution in [0.1, 0.15) is 34.5 Å². The van der Waals surface area contributed by atoms with Gasteiger partial charge in [-0.05, 0) is 55.9 Å². The Hall–Kier alpha value is -3.06. The fraction of sp³-hybridized carbons (Fsp3) is 0.370. The number of aromatic nitrogens is 1. The van der Waals surface area contributed by atoms with E-state index in [1.54, 1.807) is 36.5 Å². The predicted octanol–water partition coefficient (Wildman–Crippen LogP) is 4.70.